The fraction of sp³-hybridized carbons (Fsp3) is 0.824. The lowest BCUT2D eigenvalue weighted by Crippen LogP contribution is -2.30. The average Bonchev–Trinajstić information content (AvgIpc) is 2.48. The van der Waals surface area contributed by atoms with Crippen LogP contribution in [0.4, 0.5) is 17.6 Å². The molecule has 0 amide bonds. The minimum absolute atomic E-state index is 0.0797. The van der Waals surface area contributed by atoms with Gasteiger partial charge in [-0.3, -0.25) is 9.18 Å². The van der Waals surface area contributed by atoms with Crippen molar-refractivity contribution in [1.82, 2.24) is 0 Å². The number of carbonyl (C=O) groups is 1. The second-order valence-electron chi connectivity index (χ2n) is 6.31. The van der Waals surface area contributed by atoms with Crippen LogP contribution in [0.2, 0.25) is 0 Å². The van der Waals surface area contributed by atoms with Crippen molar-refractivity contribution in [3.05, 3.63) is 11.8 Å². The number of aliphatic hydroxyl groups excluding tert-OH is 1. The maximum absolute atomic E-state index is 12.8. The summed E-state index contributed by atoms with van der Waals surface area (Å²) in [6, 6.07) is 0. The monoisotopic (exact) mass is 340 g/mol. The number of halogens is 4. The summed E-state index contributed by atoms with van der Waals surface area (Å²) in [6.07, 6.45) is -3.73. The third-order valence-corrected chi connectivity index (χ3v) is 4.56. The van der Waals surface area contributed by atoms with E-state index in [4.69, 9.17) is 0 Å². The van der Waals surface area contributed by atoms with Crippen LogP contribution in [0.5, 0.6) is 0 Å². The Hall–Kier alpha value is -1.07. The van der Waals surface area contributed by atoms with E-state index in [9.17, 15) is 27.5 Å². The quantitative estimate of drug-likeness (QED) is 0.311. The van der Waals surface area contributed by atoms with Crippen molar-refractivity contribution in [2.75, 3.05) is 6.67 Å². The van der Waals surface area contributed by atoms with Crippen LogP contribution in [0.15, 0.2) is 11.8 Å². The van der Waals surface area contributed by atoms with Crippen molar-refractivity contribution in [3.63, 3.8) is 0 Å². The third-order valence-electron chi connectivity index (χ3n) is 4.56. The highest BCUT2D eigenvalue weighted by Crippen LogP contribution is 2.43. The molecule has 2 atom stereocenters. The summed E-state index contributed by atoms with van der Waals surface area (Å²) in [6.45, 7) is 6.01. The number of carbonyl (C=O) groups excluding carboxylic acids is 1. The van der Waals surface area contributed by atoms with E-state index >= 15 is 0 Å². The van der Waals surface area contributed by atoms with E-state index < -0.39 is 42.1 Å². The molecule has 0 aliphatic heterocycles. The Morgan fingerprint density at radius 1 is 1.17 bits per heavy atom. The minimum atomic E-state index is -4.43. The van der Waals surface area contributed by atoms with Crippen LogP contribution in [0, 0.1) is 17.3 Å². The zero-order chi connectivity index (χ0) is 18.3. The molecule has 0 aliphatic carbocycles. The van der Waals surface area contributed by atoms with Crippen LogP contribution in [0.25, 0.3) is 0 Å². The van der Waals surface area contributed by atoms with Crippen LogP contribution in [0.1, 0.15) is 59.8 Å². The van der Waals surface area contributed by atoms with Gasteiger partial charge in [-0.1, -0.05) is 27.7 Å². The highest BCUT2D eigenvalue weighted by atomic mass is 19.4. The van der Waals surface area contributed by atoms with Gasteiger partial charge in [-0.2, -0.15) is 13.2 Å². The van der Waals surface area contributed by atoms with Gasteiger partial charge < -0.3 is 5.11 Å². The molecule has 0 fully saturated rings. The van der Waals surface area contributed by atoms with Gasteiger partial charge in [0.1, 0.15) is 5.76 Å². The summed E-state index contributed by atoms with van der Waals surface area (Å²) >= 11 is 0. The van der Waals surface area contributed by atoms with Crippen molar-refractivity contribution in [2.24, 2.45) is 17.3 Å². The van der Waals surface area contributed by atoms with Gasteiger partial charge in [0.15, 0.2) is 5.78 Å². The van der Waals surface area contributed by atoms with Crippen molar-refractivity contribution in [3.8, 4) is 0 Å². The standard InChI is InChI=1S/C17H28F4O2/c1-5-13(8-12(4)10-18)14(22)9-15(23)16(6-2,7-3)11-17(19,20)21/h9,12-13,23H,5-8,10-11H2,1-4H3/b15-9-. The Labute approximate surface area is 136 Å². The summed E-state index contributed by atoms with van der Waals surface area (Å²) in [4.78, 5) is 12.2. The van der Waals surface area contributed by atoms with Gasteiger partial charge in [0, 0.05) is 17.4 Å². The molecule has 0 spiro atoms. The molecule has 0 aromatic heterocycles. The summed E-state index contributed by atoms with van der Waals surface area (Å²) in [7, 11) is 0. The normalized spacial score (nSPS) is 16.3. The van der Waals surface area contributed by atoms with Crippen LogP contribution < -0.4 is 0 Å². The predicted octanol–water partition coefficient (Wildman–Crippen LogP) is 5.78. The number of ketones is 1. The second kappa shape index (κ2) is 9.28. The molecule has 0 heterocycles. The molecule has 2 unspecified atom stereocenters. The molecule has 6 heteroatoms. The van der Waals surface area contributed by atoms with E-state index in [0.29, 0.717) is 12.8 Å². The van der Waals surface area contributed by atoms with Gasteiger partial charge in [0.2, 0.25) is 0 Å². The molecule has 0 bridgehead atoms. The molecule has 0 aromatic carbocycles. The number of allylic oxidation sites excluding steroid dienone is 2. The Kier molecular flexibility index (Phi) is 8.85. The third kappa shape index (κ3) is 6.92. The molecule has 0 saturated heterocycles. The summed E-state index contributed by atoms with van der Waals surface area (Å²) in [5, 5.41) is 10.2. The molecule has 0 rings (SSSR count). The lowest BCUT2D eigenvalue weighted by Gasteiger charge is -2.32. The molecule has 2 nitrogen and oxygen atoms in total. The molecule has 0 radical (unpaired) electrons. The van der Waals surface area contributed by atoms with Gasteiger partial charge in [0.25, 0.3) is 0 Å². The van der Waals surface area contributed by atoms with E-state index in [1.807, 2.05) is 0 Å². The van der Waals surface area contributed by atoms with E-state index in [1.165, 1.54) is 0 Å². The molecule has 0 aromatic rings. The molecular formula is C17H28F4O2. The van der Waals surface area contributed by atoms with Crippen LogP contribution in [-0.2, 0) is 4.79 Å². The van der Waals surface area contributed by atoms with Gasteiger partial charge >= 0.3 is 6.18 Å². The Morgan fingerprint density at radius 3 is 2.04 bits per heavy atom. The van der Waals surface area contributed by atoms with Gasteiger partial charge in [0.05, 0.1) is 13.1 Å². The Balaban J connectivity index is 5.36. The number of rotatable bonds is 10. The first-order chi connectivity index (χ1) is 10.5. The minimum Gasteiger partial charge on any atom is -0.512 e. The first-order valence-electron chi connectivity index (χ1n) is 8.12. The Bertz CT molecular complexity index is 398. The van der Waals surface area contributed by atoms with Crippen molar-refractivity contribution < 1.29 is 27.5 Å². The summed E-state index contributed by atoms with van der Waals surface area (Å²) in [5.41, 5.74) is -1.47. The zero-order valence-corrected chi connectivity index (χ0v) is 14.3. The van der Waals surface area contributed by atoms with Crippen LogP contribution in [-0.4, -0.2) is 23.7 Å². The molecule has 136 valence electrons. The second-order valence-corrected chi connectivity index (χ2v) is 6.31. The van der Waals surface area contributed by atoms with Gasteiger partial charge in [-0.15, -0.1) is 0 Å². The molecular weight excluding hydrogens is 312 g/mol. The largest absolute Gasteiger partial charge is 0.512 e. The topological polar surface area (TPSA) is 37.3 Å². The fourth-order valence-corrected chi connectivity index (χ4v) is 2.77. The SMILES string of the molecule is CCC(CC(C)CF)C(=O)/C=C(\O)C(CC)(CC)CC(F)(F)F. The number of hydrogen-bond donors (Lipinski definition) is 1. The van der Waals surface area contributed by atoms with E-state index in [1.54, 1.807) is 27.7 Å². The van der Waals surface area contributed by atoms with Gasteiger partial charge in [-0.25, -0.2) is 0 Å². The van der Waals surface area contributed by atoms with E-state index in [2.05, 4.69) is 0 Å². The molecule has 0 aliphatic rings. The highest BCUT2D eigenvalue weighted by molar-refractivity contribution is 5.92. The molecule has 23 heavy (non-hydrogen) atoms. The van der Waals surface area contributed by atoms with E-state index in [0.717, 1.165) is 6.08 Å². The molecule has 0 saturated carbocycles. The predicted molar refractivity (Wildman–Crippen MR) is 82.9 cm³/mol. The maximum Gasteiger partial charge on any atom is 0.390 e. The number of aliphatic hydroxyl groups is 1. The van der Waals surface area contributed by atoms with Crippen LogP contribution >= 0.6 is 0 Å². The lowest BCUT2D eigenvalue weighted by atomic mass is 9.76. The lowest BCUT2D eigenvalue weighted by molar-refractivity contribution is -0.158. The van der Waals surface area contributed by atoms with Crippen molar-refractivity contribution in [1.29, 1.82) is 0 Å². The fourth-order valence-electron chi connectivity index (χ4n) is 2.77. The smallest absolute Gasteiger partial charge is 0.390 e. The van der Waals surface area contributed by atoms with Crippen molar-refractivity contribution >= 4 is 5.78 Å². The van der Waals surface area contributed by atoms with E-state index in [-0.39, 0.29) is 18.8 Å². The van der Waals surface area contributed by atoms with Crippen LogP contribution in [0.3, 0.4) is 0 Å². The average molecular weight is 340 g/mol. The first kappa shape index (κ1) is 21.9. The maximum atomic E-state index is 12.8. The highest BCUT2D eigenvalue weighted by Gasteiger charge is 2.43. The first-order valence-corrected chi connectivity index (χ1v) is 8.12. The summed E-state index contributed by atoms with van der Waals surface area (Å²) in [5.74, 6) is -1.73. The number of alkyl halides is 4. The van der Waals surface area contributed by atoms with Crippen molar-refractivity contribution in [2.45, 2.75) is 66.0 Å². The van der Waals surface area contributed by atoms with Gasteiger partial charge in [-0.05, 0) is 31.6 Å². The molecule has 1 N–H and O–H groups in total. The Morgan fingerprint density at radius 2 is 1.70 bits per heavy atom. The summed E-state index contributed by atoms with van der Waals surface area (Å²) < 4.78 is 51.0. The zero-order valence-electron chi connectivity index (χ0n) is 14.3. The number of hydrogen-bond acceptors (Lipinski definition) is 2.